The standard InChI is InChI=1S/C21H43NO2S/c1-4-6-8-10-13-17-21(3,18-14-11-9-7-5-2)25(23,24)22-19-15-12-16-20-22/h4-20H2,1-3H3. The van der Waals surface area contributed by atoms with Crippen molar-refractivity contribution in [2.24, 2.45) is 0 Å². The summed E-state index contributed by atoms with van der Waals surface area (Å²) in [5.41, 5.74) is 0. The Kier molecular flexibility index (Phi) is 11.3. The average molecular weight is 374 g/mol. The summed E-state index contributed by atoms with van der Waals surface area (Å²) in [6, 6.07) is 0. The van der Waals surface area contributed by atoms with E-state index in [-0.39, 0.29) is 0 Å². The third-order valence-corrected chi connectivity index (χ3v) is 8.59. The summed E-state index contributed by atoms with van der Waals surface area (Å²) in [6.07, 6.45) is 16.9. The highest BCUT2D eigenvalue weighted by molar-refractivity contribution is 7.90. The number of piperidine rings is 1. The van der Waals surface area contributed by atoms with Gasteiger partial charge < -0.3 is 0 Å². The molecule has 1 aliphatic rings. The molecule has 1 rings (SSSR count). The maximum atomic E-state index is 13.4. The van der Waals surface area contributed by atoms with Gasteiger partial charge in [-0.15, -0.1) is 0 Å². The van der Waals surface area contributed by atoms with E-state index in [1.54, 1.807) is 0 Å². The Morgan fingerprint density at radius 2 is 1.16 bits per heavy atom. The van der Waals surface area contributed by atoms with Gasteiger partial charge in [0.15, 0.2) is 0 Å². The molecule has 0 bridgehead atoms. The summed E-state index contributed by atoms with van der Waals surface area (Å²) < 4.78 is 28.0. The molecule has 1 saturated heterocycles. The van der Waals surface area contributed by atoms with Gasteiger partial charge in [-0.25, -0.2) is 12.7 Å². The van der Waals surface area contributed by atoms with E-state index in [0.717, 1.165) is 51.6 Å². The maximum Gasteiger partial charge on any atom is 0.219 e. The van der Waals surface area contributed by atoms with Crippen LogP contribution in [0.2, 0.25) is 0 Å². The molecule has 0 N–H and O–H groups in total. The van der Waals surface area contributed by atoms with Crippen LogP contribution in [0.1, 0.15) is 117 Å². The van der Waals surface area contributed by atoms with E-state index in [0.29, 0.717) is 0 Å². The Morgan fingerprint density at radius 3 is 1.60 bits per heavy atom. The Morgan fingerprint density at radius 1 is 0.720 bits per heavy atom. The Bertz CT molecular complexity index is 413. The second-order valence-corrected chi connectivity index (χ2v) is 10.7. The van der Waals surface area contributed by atoms with Crippen LogP contribution in [-0.2, 0) is 10.0 Å². The van der Waals surface area contributed by atoms with Crippen molar-refractivity contribution in [2.45, 2.75) is 122 Å². The fourth-order valence-electron chi connectivity index (χ4n) is 4.00. The van der Waals surface area contributed by atoms with Crippen molar-refractivity contribution in [1.82, 2.24) is 4.31 Å². The van der Waals surface area contributed by atoms with E-state index in [1.807, 2.05) is 11.2 Å². The molecule has 25 heavy (non-hydrogen) atoms. The molecule has 0 aromatic rings. The lowest BCUT2D eigenvalue weighted by molar-refractivity contribution is 0.321. The molecular weight excluding hydrogens is 330 g/mol. The van der Waals surface area contributed by atoms with Gasteiger partial charge in [-0.3, -0.25) is 0 Å². The first-order chi connectivity index (χ1) is 12.0. The quantitative estimate of drug-likeness (QED) is 0.336. The molecule has 150 valence electrons. The molecule has 3 nitrogen and oxygen atoms in total. The molecule has 0 radical (unpaired) electrons. The smallest absolute Gasteiger partial charge is 0.212 e. The Hall–Kier alpha value is -0.0900. The van der Waals surface area contributed by atoms with Crippen molar-refractivity contribution >= 4 is 10.0 Å². The highest BCUT2D eigenvalue weighted by Gasteiger charge is 2.42. The topological polar surface area (TPSA) is 37.4 Å². The second-order valence-electron chi connectivity index (χ2n) is 8.24. The molecule has 0 amide bonds. The van der Waals surface area contributed by atoms with Crippen molar-refractivity contribution in [3.05, 3.63) is 0 Å². The minimum atomic E-state index is -3.18. The van der Waals surface area contributed by atoms with Crippen LogP contribution in [0.3, 0.4) is 0 Å². The number of hydrogen-bond acceptors (Lipinski definition) is 2. The fraction of sp³-hybridized carbons (Fsp3) is 1.00. The lowest BCUT2D eigenvalue weighted by Crippen LogP contribution is -2.48. The third kappa shape index (κ3) is 7.58. The predicted molar refractivity (Wildman–Crippen MR) is 110 cm³/mol. The van der Waals surface area contributed by atoms with Gasteiger partial charge in [0.05, 0.1) is 4.75 Å². The van der Waals surface area contributed by atoms with Gasteiger partial charge in [0.2, 0.25) is 10.0 Å². The first-order valence-electron chi connectivity index (χ1n) is 11.0. The van der Waals surface area contributed by atoms with Gasteiger partial charge in [0.1, 0.15) is 0 Å². The SMILES string of the molecule is CCCCCCCC(C)(CCCCCCC)S(=O)(=O)N1CCCCC1. The lowest BCUT2D eigenvalue weighted by Gasteiger charge is -2.37. The van der Waals surface area contributed by atoms with Crippen molar-refractivity contribution in [2.75, 3.05) is 13.1 Å². The highest BCUT2D eigenvalue weighted by atomic mass is 32.2. The van der Waals surface area contributed by atoms with E-state index in [1.165, 1.54) is 57.8 Å². The molecule has 4 heteroatoms. The summed E-state index contributed by atoms with van der Waals surface area (Å²) in [5, 5.41) is 0. The van der Waals surface area contributed by atoms with Crippen LogP contribution >= 0.6 is 0 Å². The molecule has 0 atom stereocenters. The third-order valence-electron chi connectivity index (χ3n) is 5.90. The molecule has 0 aliphatic carbocycles. The van der Waals surface area contributed by atoms with Crippen LogP contribution in [0.25, 0.3) is 0 Å². The van der Waals surface area contributed by atoms with Gasteiger partial charge >= 0.3 is 0 Å². The molecule has 0 unspecified atom stereocenters. The van der Waals surface area contributed by atoms with Gasteiger partial charge in [-0.2, -0.15) is 0 Å². The van der Waals surface area contributed by atoms with Crippen molar-refractivity contribution in [1.29, 1.82) is 0 Å². The molecule has 0 aromatic heterocycles. The summed E-state index contributed by atoms with van der Waals surface area (Å²) in [7, 11) is -3.18. The molecule has 0 aromatic carbocycles. The van der Waals surface area contributed by atoms with Crippen molar-refractivity contribution < 1.29 is 8.42 Å². The van der Waals surface area contributed by atoms with E-state index in [2.05, 4.69) is 13.8 Å². The Balaban J connectivity index is 2.67. The normalized spacial score (nSPS) is 17.1. The van der Waals surface area contributed by atoms with Crippen LogP contribution in [0, 0.1) is 0 Å². The summed E-state index contributed by atoms with van der Waals surface area (Å²) >= 11 is 0. The molecule has 0 spiro atoms. The number of rotatable bonds is 14. The maximum absolute atomic E-state index is 13.4. The molecule has 0 saturated carbocycles. The van der Waals surface area contributed by atoms with Crippen molar-refractivity contribution in [3.63, 3.8) is 0 Å². The van der Waals surface area contributed by atoms with Crippen LogP contribution in [0.15, 0.2) is 0 Å². The number of unbranched alkanes of at least 4 members (excludes halogenated alkanes) is 8. The monoisotopic (exact) mass is 373 g/mol. The minimum absolute atomic E-state index is 0.553. The summed E-state index contributed by atoms with van der Waals surface area (Å²) in [5.74, 6) is 0. The largest absolute Gasteiger partial charge is 0.219 e. The first-order valence-corrected chi connectivity index (χ1v) is 12.4. The van der Waals surface area contributed by atoms with E-state index in [9.17, 15) is 8.42 Å². The number of sulfonamides is 1. The molecule has 1 heterocycles. The van der Waals surface area contributed by atoms with Crippen molar-refractivity contribution in [3.8, 4) is 0 Å². The fourth-order valence-corrected chi connectivity index (χ4v) is 6.17. The Labute approximate surface area is 158 Å². The van der Waals surface area contributed by atoms with E-state index in [4.69, 9.17) is 0 Å². The van der Waals surface area contributed by atoms with Crippen LogP contribution in [0.5, 0.6) is 0 Å². The summed E-state index contributed by atoms with van der Waals surface area (Å²) in [4.78, 5) is 0. The lowest BCUT2D eigenvalue weighted by atomic mass is 9.95. The van der Waals surface area contributed by atoms with Gasteiger partial charge in [-0.1, -0.05) is 84.5 Å². The van der Waals surface area contributed by atoms with Gasteiger partial charge in [0, 0.05) is 13.1 Å². The zero-order valence-electron chi connectivity index (χ0n) is 17.2. The molecule has 1 fully saturated rings. The molecular formula is C21H43NO2S. The summed E-state index contributed by atoms with van der Waals surface area (Å²) in [6.45, 7) is 7.96. The zero-order valence-corrected chi connectivity index (χ0v) is 18.0. The number of nitrogens with zero attached hydrogens (tertiary/aromatic N) is 1. The average Bonchev–Trinajstić information content (AvgIpc) is 2.62. The van der Waals surface area contributed by atoms with E-state index >= 15 is 0 Å². The zero-order chi connectivity index (χ0) is 18.6. The molecule has 1 aliphatic heterocycles. The van der Waals surface area contributed by atoms with Crippen LogP contribution in [-0.4, -0.2) is 30.6 Å². The van der Waals surface area contributed by atoms with Crippen LogP contribution < -0.4 is 0 Å². The van der Waals surface area contributed by atoms with Crippen LogP contribution in [0.4, 0.5) is 0 Å². The first kappa shape index (κ1) is 23.0. The van der Waals surface area contributed by atoms with Gasteiger partial charge in [-0.05, 0) is 32.6 Å². The predicted octanol–water partition coefficient (Wildman–Crippen LogP) is 6.28. The van der Waals surface area contributed by atoms with E-state index < -0.39 is 14.8 Å². The minimum Gasteiger partial charge on any atom is -0.212 e. The van der Waals surface area contributed by atoms with Gasteiger partial charge in [0.25, 0.3) is 0 Å². The second kappa shape index (κ2) is 12.3. The number of hydrogen-bond donors (Lipinski definition) is 0. The highest BCUT2D eigenvalue weighted by Crippen LogP contribution is 2.34.